The van der Waals surface area contributed by atoms with Crippen LogP contribution >= 0.6 is 0 Å². The van der Waals surface area contributed by atoms with Crippen LogP contribution in [0.25, 0.3) is 0 Å². The summed E-state index contributed by atoms with van der Waals surface area (Å²) in [6.45, 7) is 3.97. The van der Waals surface area contributed by atoms with Gasteiger partial charge in [0, 0.05) is 6.42 Å². The Morgan fingerprint density at radius 3 is 1.97 bits per heavy atom. The summed E-state index contributed by atoms with van der Waals surface area (Å²) in [4.78, 5) is 36.9. The predicted octanol–water partition coefficient (Wildman–Crippen LogP) is 2.54. The van der Waals surface area contributed by atoms with Gasteiger partial charge in [0.05, 0.1) is 0 Å². The van der Waals surface area contributed by atoms with Crippen molar-refractivity contribution in [1.29, 1.82) is 0 Å². The smallest absolute Gasteiger partial charge is 0.408 e. The van der Waals surface area contributed by atoms with E-state index in [4.69, 9.17) is 10.5 Å². The molecule has 2 atom stereocenters. The summed E-state index contributed by atoms with van der Waals surface area (Å²) in [5.74, 6) is -0.974. The Bertz CT molecular complexity index is 825. The number of alkyl carbamates (subject to hydrolysis) is 1. The van der Waals surface area contributed by atoms with Crippen LogP contribution in [0.1, 0.15) is 31.4 Å². The number of carbonyl (C=O) groups is 3. The Balaban J connectivity index is 1.98. The van der Waals surface area contributed by atoms with Crippen LogP contribution in [0.3, 0.4) is 0 Å². The molecular weight excluding hydrogens is 382 g/mol. The number of rotatable bonds is 10. The van der Waals surface area contributed by atoms with Gasteiger partial charge in [0.25, 0.3) is 0 Å². The maximum Gasteiger partial charge on any atom is 0.408 e. The van der Waals surface area contributed by atoms with Crippen molar-refractivity contribution in [3.8, 4) is 0 Å². The number of hydrogen-bond acceptors (Lipinski definition) is 4. The van der Waals surface area contributed by atoms with Crippen molar-refractivity contribution in [2.45, 2.75) is 45.4 Å². The standard InChI is InChI=1S/C23H29N3O4/c1-16(2)13-20(26-23(29)30-15-18-11-7-4-8-12-18)22(28)25-19(21(24)27)14-17-9-5-3-6-10-17/h3-12,16,19-20H,13-15H2,1-2H3,(H2,24,27)(H,25,28)(H,26,29)/t19?,20-/m0/s1. The van der Waals surface area contributed by atoms with Gasteiger partial charge >= 0.3 is 6.09 Å². The second-order valence-electron chi connectivity index (χ2n) is 7.54. The first kappa shape index (κ1) is 22.9. The van der Waals surface area contributed by atoms with E-state index < -0.39 is 30.0 Å². The zero-order valence-corrected chi connectivity index (χ0v) is 17.3. The quantitative estimate of drug-likeness (QED) is 0.558. The number of ether oxygens (including phenoxy) is 1. The Labute approximate surface area is 177 Å². The monoisotopic (exact) mass is 411 g/mol. The summed E-state index contributed by atoms with van der Waals surface area (Å²) in [5.41, 5.74) is 7.20. The molecule has 160 valence electrons. The number of carbonyl (C=O) groups excluding carboxylic acids is 3. The molecule has 0 radical (unpaired) electrons. The van der Waals surface area contributed by atoms with Gasteiger partial charge in [-0.1, -0.05) is 74.5 Å². The van der Waals surface area contributed by atoms with Crippen LogP contribution < -0.4 is 16.4 Å². The zero-order valence-electron chi connectivity index (χ0n) is 17.3. The van der Waals surface area contributed by atoms with Gasteiger partial charge in [0.1, 0.15) is 18.7 Å². The Morgan fingerprint density at radius 1 is 0.867 bits per heavy atom. The van der Waals surface area contributed by atoms with Gasteiger partial charge in [-0.05, 0) is 23.5 Å². The van der Waals surface area contributed by atoms with Crippen LogP contribution in [-0.4, -0.2) is 30.0 Å². The minimum absolute atomic E-state index is 0.0978. The lowest BCUT2D eigenvalue weighted by Gasteiger charge is -2.23. The highest BCUT2D eigenvalue weighted by molar-refractivity contribution is 5.90. The van der Waals surface area contributed by atoms with Crippen LogP contribution in [0.5, 0.6) is 0 Å². The first-order valence-corrected chi connectivity index (χ1v) is 9.96. The summed E-state index contributed by atoms with van der Waals surface area (Å²) in [7, 11) is 0. The number of hydrogen-bond donors (Lipinski definition) is 3. The summed E-state index contributed by atoms with van der Waals surface area (Å²) in [6, 6.07) is 16.8. The van der Waals surface area contributed by atoms with E-state index in [0.717, 1.165) is 11.1 Å². The molecule has 4 N–H and O–H groups in total. The van der Waals surface area contributed by atoms with Crippen molar-refractivity contribution < 1.29 is 19.1 Å². The van der Waals surface area contributed by atoms with Gasteiger partial charge in [-0.3, -0.25) is 9.59 Å². The van der Waals surface area contributed by atoms with E-state index in [1.807, 2.05) is 74.5 Å². The molecule has 2 rings (SSSR count). The van der Waals surface area contributed by atoms with Crippen LogP contribution in [-0.2, 0) is 27.4 Å². The van der Waals surface area contributed by atoms with Crippen molar-refractivity contribution in [1.82, 2.24) is 10.6 Å². The van der Waals surface area contributed by atoms with Crippen molar-refractivity contribution in [2.24, 2.45) is 11.7 Å². The summed E-state index contributed by atoms with van der Waals surface area (Å²) in [5, 5.41) is 5.27. The number of benzene rings is 2. The number of amides is 3. The fraction of sp³-hybridized carbons (Fsp3) is 0.348. The van der Waals surface area contributed by atoms with Gasteiger partial charge in [-0.2, -0.15) is 0 Å². The molecule has 0 fully saturated rings. The third-order valence-corrected chi connectivity index (χ3v) is 4.47. The van der Waals surface area contributed by atoms with E-state index in [9.17, 15) is 14.4 Å². The first-order chi connectivity index (χ1) is 14.3. The van der Waals surface area contributed by atoms with E-state index in [1.54, 1.807) is 0 Å². The van der Waals surface area contributed by atoms with E-state index >= 15 is 0 Å². The summed E-state index contributed by atoms with van der Waals surface area (Å²) < 4.78 is 5.22. The van der Waals surface area contributed by atoms with Crippen LogP contribution in [0, 0.1) is 5.92 Å². The number of nitrogens with two attached hydrogens (primary N) is 1. The third-order valence-electron chi connectivity index (χ3n) is 4.47. The summed E-state index contributed by atoms with van der Waals surface area (Å²) >= 11 is 0. The molecular formula is C23H29N3O4. The molecule has 2 aromatic rings. The highest BCUT2D eigenvalue weighted by Crippen LogP contribution is 2.08. The van der Waals surface area contributed by atoms with Crippen molar-refractivity contribution in [3.05, 3.63) is 71.8 Å². The molecule has 30 heavy (non-hydrogen) atoms. The molecule has 7 heteroatoms. The number of nitrogens with one attached hydrogen (secondary N) is 2. The molecule has 0 aromatic heterocycles. The first-order valence-electron chi connectivity index (χ1n) is 9.96. The maximum atomic E-state index is 12.8. The second-order valence-corrected chi connectivity index (χ2v) is 7.54. The van der Waals surface area contributed by atoms with Gasteiger partial charge in [-0.25, -0.2) is 4.79 Å². The van der Waals surface area contributed by atoms with Gasteiger partial charge in [0.2, 0.25) is 11.8 Å². The molecule has 0 saturated heterocycles. The molecule has 2 aromatic carbocycles. The molecule has 0 spiro atoms. The molecule has 1 unspecified atom stereocenters. The van der Waals surface area contributed by atoms with E-state index in [0.29, 0.717) is 6.42 Å². The zero-order chi connectivity index (χ0) is 21.9. The van der Waals surface area contributed by atoms with Gasteiger partial charge in [-0.15, -0.1) is 0 Å². The molecule has 0 saturated carbocycles. The van der Waals surface area contributed by atoms with Gasteiger partial charge < -0.3 is 21.1 Å². The van der Waals surface area contributed by atoms with E-state index in [-0.39, 0.29) is 18.9 Å². The number of primary amides is 1. The molecule has 7 nitrogen and oxygen atoms in total. The fourth-order valence-electron chi connectivity index (χ4n) is 2.95. The Kier molecular flexibility index (Phi) is 8.87. The molecule has 0 aliphatic rings. The van der Waals surface area contributed by atoms with Crippen molar-refractivity contribution in [3.63, 3.8) is 0 Å². The Morgan fingerprint density at radius 2 is 1.43 bits per heavy atom. The lowest BCUT2D eigenvalue weighted by molar-refractivity contribution is -0.128. The molecule has 0 heterocycles. The van der Waals surface area contributed by atoms with Crippen molar-refractivity contribution in [2.75, 3.05) is 0 Å². The maximum absolute atomic E-state index is 12.8. The molecule has 3 amide bonds. The largest absolute Gasteiger partial charge is 0.445 e. The van der Waals surface area contributed by atoms with Gasteiger partial charge in [0.15, 0.2) is 0 Å². The highest BCUT2D eigenvalue weighted by Gasteiger charge is 2.27. The Hall–Kier alpha value is -3.35. The molecule has 0 bridgehead atoms. The minimum Gasteiger partial charge on any atom is -0.445 e. The average Bonchev–Trinajstić information content (AvgIpc) is 2.72. The average molecular weight is 412 g/mol. The van der Waals surface area contributed by atoms with Crippen LogP contribution in [0.15, 0.2) is 60.7 Å². The van der Waals surface area contributed by atoms with E-state index in [1.165, 1.54) is 0 Å². The van der Waals surface area contributed by atoms with Crippen LogP contribution in [0.2, 0.25) is 0 Å². The van der Waals surface area contributed by atoms with Crippen LogP contribution in [0.4, 0.5) is 4.79 Å². The predicted molar refractivity (Wildman–Crippen MR) is 114 cm³/mol. The van der Waals surface area contributed by atoms with E-state index in [2.05, 4.69) is 10.6 Å². The molecule has 0 aliphatic carbocycles. The third kappa shape index (κ3) is 7.95. The second kappa shape index (κ2) is 11.6. The minimum atomic E-state index is -0.878. The lowest BCUT2D eigenvalue weighted by atomic mass is 10.0. The summed E-state index contributed by atoms with van der Waals surface area (Å²) in [6.07, 6.45) is -0.0314. The topological polar surface area (TPSA) is 111 Å². The lowest BCUT2D eigenvalue weighted by Crippen LogP contribution is -2.54. The fourth-order valence-corrected chi connectivity index (χ4v) is 2.95. The van der Waals surface area contributed by atoms with Crippen molar-refractivity contribution >= 4 is 17.9 Å². The SMILES string of the molecule is CC(C)C[C@H](NC(=O)OCc1ccccc1)C(=O)NC(Cc1ccccc1)C(N)=O. The highest BCUT2D eigenvalue weighted by atomic mass is 16.5. The molecule has 0 aliphatic heterocycles. The normalized spacial score (nSPS) is 12.6.